The Kier molecular flexibility index (Phi) is 5.33. The number of rotatable bonds is 5. The molecule has 2 aromatic carbocycles. The van der Waals surface area contributed by atoms with Gasteiger partial charge in [0.1, 0.15) is 6.61 Å². The summed E-state index contributed by atoms with van der Waals surface area (Å²) in [6.45, 7) is 0.0743. The highest BCUT2D eigenvalue weighted by Gasteiger charge is 2.03. The topological polar surface area (TPSA) is 69.4 Å². The van der Waals surface area contributed by atoms with E-state index in [0.717, 1.165) is 5.56 Å². The van der Waals surface area contributed by atoms with Crippen LogP contribution in [0.25, 0.3) is 6.08 Å². The Hall–Kier alpha value is -2.59. The molecule has 0 aliphatic heterocycles. The molecule has 0 radical (unpaired) electrons. The number of primary amides is 1. The van der Waals surface area contributed by atoms with Crippen molar-refractivity contribution in [2.75, 3.05) is 0 Å². The molecule has 22 heavy (non-hydrogen) atoms. The second-order valence-electron chi connectivity index (χ2n) is 4.56. The number of ether oxygens (including phenoxy) is 1. The van der Waals surface area contributed by atoms with Gasteiger partial charge in [-0.15, -0.1) is 0 Å². The van der Waals surface area contributed by atoms with Gasteiger partial charge in [-0.2, -0.15) is 0 Å². The monoisotopic (exact) mass is 315 g/mol. The maximum absolute atomic E-state index is 11.6. The molecule has 0 aliphatic rings. The Balaban J connectivity index is 1.91. The molecule has 0 spiro atoms. The van der Waals surface area contributed by atoms with Crippen LogP contribution in [0.1, 0.15) is 21.5 Å². The molecule has 1 amide bonds. The Labute approximate surface area is 133 Å². The number of hydrogen-bond donors (Lipinski definition) is 1. The lowest BCUT2D eigenvalue weighted by molar-refractivity contribution is -0.138. The smallest absolute Gasteiger partial charge is 0.331 e. The van der Waals surface area contributed by atoms with E-state index in [0.29, 0.717) is 16.1 Å². The first-order chi connectivity index (χ1) is 10.5. The molecule has 0 atom stereocenters. The maximum atomic E-state index is 11.6. The number of halogens is 1. The molecule has 0 bridgehead atoms. The van der Waals surface area contributed by atoms with Crippen molar-refractivity contribution in [2.24, 2.45) is 5.73 Å². The van der Waals surface area contributed by atoms with E-state index in [1.165, 1.54) is 6.08 Å². The van der Waals surface area contributed by atoms with Crippen molar-refractivity contribution in [1.29, 1.82) is 0 Å². The average Bonchev–Trinajstić information content (AvgIpc) is 2.52. The lowest BCUT2D eigenvalue weighted by Crippen LogP contribution is -2.11. The number of hydrogen-bond acceptors (Lipinski definition) is 3. The van der Waals surface area contributed by atoms with E-state index in [4.69, 9.17) is 22.1 Å². The summed E-state index contributed by atoms with van der Waals surface area (Å²) < 4.78 is 5.10. The zero-order chi connectivity index (χ0) is 15.9. The highest BCUT2D eigenvalue weighted by molar-refractivity contribution is 6.30. The predicted octanol–water partition coefficient (Wildman–Crippen LogP) is 3.20. The van der Waals surface area contributed by atoms with Crippen molar-refractivity contribution in [1.82, 2.24) is 0 Å². The highest BCUT2D eigenvalue weighted by atomic mass is 35.5. The Bertz CT molecular complexity index is 708. The lowest BCUT2D eigenvalue weighted by atomic mass is 10.1. The van der Waals surface area contributed by atoms with Crippen LogP contribution in [0.3, 0.4) is 0 Å². The van der Waals surface area contributed by atoms with Gasteiger partial charge in [-0.3, -0.25) is 4.79 Å². The molecule has 0 fully saturated rings. The van der Waals surface area contributed by atoms with Gasteiger partial charge in [0.2, 0.25) is 5.91 Å². The third kappa shape index (κ3) is 4.75. The molecule has 0 saturated heterocycles. The van der Waals surface area contributed by atoms with Crippen LogP contribution in [0, 0.1) is 0 Å². The molecular weight excluding hydrogens is 302 g/mol. The Morgan fingerprint density at radius 2 is 1.86 bits per heavy atom. The third-order valence-electron chi connectivity index (χ3n) is 2.87. The fourth-order valence-electron chi connectivity index (χ4n) is 1.76. The Morgan fingerprint density at radius 3 is 2.55 bits per heavy atom. The highest BCUT2D eigenvalue weighted by Crippen LogP contribution is 2.11. The second-order valence-corrected chi connectivity index (χ2v) is 4.99. The van der Waals surface area contributed by atoms with E-state index in [9.17, 15) is 9.59 Å². The molecule has 5 heteroatoms. The summed E-state index contributed by atoms with van der Waals surface area (Å²) in [5, 5.41) is 0.633. The number of amides is 1. The minimum atomic E-state index is -0.518. The normalized spacial score (nSPS) is 10.6. The van der Waals surface area contributed by atoms with Gasteiger partial charge < -0.3 is 10.5 Å². The number of carbonyl (C=O) groups is 2. The van der Waals surface area contributed by atoms with Gasteiger partial charge in [0.15, 0.2) is 0 Å². The minimum Gasteiger partial charge on any atom is -0.458 e. The van der Waals surface area contributed by atoms with Gasteiger partial charge in [0.05, 0.1) is 0 Å². The van der Waals surface area contributed by atoms with Crippen molar-refractivity contribution < 1.29 is 14.3 Å². The van der Waals surface area contributed by atoms with E-state index >= 15 is 0 Å². The van der Waals surface area contributed by atoms with E-state index < -0.39 is 11.9 Å². The van der Waals surface area contributed by atoms with E-state index in [2.05, 4.69) is 0 Å². The molecule has 0 aromatic heterocycles. The largest absolute Gasteiger partial charge is 0.458 e. The SMILES string of the molecule is NC(=O)c1cccc(COC(=O)/C=C/c2ccc(Cl)cc2)c1. The van der Waals surface area contributed by atoms with E-state index in [1.807, 2.05) is 0 Å². The van der Waals surface area contributed by atoms with Crippen molar-refractivity contribution >= 4 is 29.6 Å². The van der Waals surface area contributed by atoms with Crippen LogP contribution in [0.5, 0.6) is 0 Å². The van der Waals surface area contributed by atoms with Crippen LogP contribution < -0.4 is 5.73 Å². The van der Waals surface area contributed by atoms with Crippen LogP contribution in [-0.4, -0.2) is 11.9 Å². The summed E-state index contributed by atoms with van der Waals surface area (Å²) in [6.07, 6.45) is 2.97. The zero-order valence-corrected chi connectivity index (χ0v) is 12.4. The molecule has 2 N–H and O–H groups in total. The summed E-state index contributed by atoms with van der Waals surface area (Å²) in [7, 11) is 0. The van der Waals surface area contributed by atoms with Gasteiger partial charge in [-0.25, -0.2) is 4.79 Å². The van der Waals surface area contributed by atoms with Gasteiger partial charge in [0, 0.05) is 16.7 Å². The standard InChI is InChI=1S/C17H14ClNO3/c18-15-7-4-12(5-8-15)6-9-16(20)22-11-13-2-1-3-14(10-13)17(19)21/h1-10H,11H2,(H2,19,21)/b9-6+. The molecular formula is C17H14ClNO3. The second kappa shape index (κ2) is 7.43. The number of benzene rings is 2. The fraction of sp³-hybridized carbons (Fsp3) is 0.0588. The van der Waals surface area contributed by atoms with Crippen LogP contribution in [-0.2, 0) is 16.1 Å². The van der Waals surface area contributed by atoms with Gasteiger partial charge in [0.25, 0.3) is 0 Å². The van der Waals surface area contributed by atoms with Crippen LogP contribution in [0.15, 0.2) is 54.6 Å². The van der Waals surface area contributed by atoms with Gasteiger partial charge in [-0.05, 0) is 41.5 Å². The fourth-order valence-corrected chi connectivity index (χ4v) is 1.88. The summed E-state index contributed by atoms with van der Waals surface area (Å²) in [6, 6.07) is 13.7. The van der Waals surface area contributed by atoms with Crippen molar-refractivity contribution in [3.63, 3.8) is 0 Å². The summed E-state index contributed by atoms with van der Waals surface area (Å²) >= 11 is 5.78. The lowest BCUT2D eigenvalue weighted by Gasteiger charge is -2.03. The quantitative estimate of drug-likeness (QED) is 0.680. The summed E-state index contributed by atoms with van der Waals surface area (Å²) in [4.78, 5) is 22.7. The number of carbonyl (C=O) groups excluding carboxylic acids is 2. The molecule has 0 unspecified atom stereocenters. The van der Waals surface area contributed by atoms with Gasteiger partial charge in [-0.1, -0.05) is 35.9 Å². The van der Waals surface area contributed by atoms with Gasteiger partial charge >= 0.3 is 5.97 Å². The zero-order valence-electron chi connectivity index (χ0n) is 11.7. The molecule has 2 aromatic rings. The van der Waals surface area contributed by atoms with Crippen molar-refractivity contribution in [3.8, 4) is 0 Å². The first kappa shape index (κ1) is 15.8. The van der Waals surface area contributed by atoms with Crippen molar-refractivity contribution in [2.45, 2.75) is 6.61 Å². The van der Waals surface area contributed by atoms with E-state index in [1.54, 1.807) is 54.6 Å². The summed E-state index contributed by atoms with van der Waals surface area (Å²) in [5.74, 6) is -0.991. The Morgan fingerprint density at radius 1 is 1.14 bits per heavy atom. The van der Waals surface area contributed by atoms with Crippen LogP contribution >= 0.6 is 11.6 Å². The molecule has 112 valence electrons. The first-order valence-corrected chi connectivity index (χ1v) is 6.91. The summed E-state index contributed by atoms with van der Waals surface area (Å²) in [5.41, 5.74) is 7.12. The first-order valence-electron chi connectivity index (χ1n) is 6.54. The minimum absolute atomic E-state index is 0.0743. The molecule has 0 heterocycles. The molecule has 0 aliphatic carbocycles. The van der Waals surface area contributed by atoms with Crippen molar-refractivity contribution in [3.05, 3.63) is 76.3 Å². The predicted molar refractivity (Wildman–Crippen MR) is 85.2 cm³/mol. The van der Waals surface area contributed by atoms with E-state index in [-0.39, 0.29) is 6.61 Å². The van der Waals surface area contributed by atoms with Crippen LogP contribution in [0.4, 0.5) is 0 Å². The van der Waals surface area contributed by atoms with Crippen LogP contribution in [0.2, 0.25) is 5.02 Å². The molecule has 4 nitrogen and oxygen atoms in total. The molecule has 0 saturated carbocycles. The molecule has 2 rings (SSSR count). The maximum Gasteiger partial charge on any atom is 0.331 e. The average molecular weight is 316 g/mol. The number of nitrogens with two attached hydrogens (primary N) is 1. The third-order valence-corrected chi connectivity index (χ3v) is 3.13. The number of esters is 1.